The zero-order valence-corrected chi connectivity index (χ0v) is 11.6. The molecule has 2 aliphatic carbocycles. The second kappa shape index (κ2) is 6.46. The molecule has 0 amide bonds. The average molecular weight is 228 g/mol. The molecule has 15 heavy (non-hydrogen) atoms. The van der Waals surface area contributed by atoms with Crippen LogP contribution >= 0.6 is 0 Å². The van der Waals surface area contributed by atoms with Crippen molar-refractivity contribution in [2.45, 2.75) is 38.7 Å². The van der Waals surface area contributed by atoms with Crippen LogP contribution in [0.4, 0.5) is 0 Å². The normalized spacial score (nSPS) is 27.3. The van der Waals surface area contributed by atoms with Gasteiger partial charge in [0.1, 0.15) is 0 Å². The highest BCUT2D eigenvalue weighted by atomic mass is 28.3. The third kappa shape index (κ3) is 4.09. The molecule has 0 aromatic carbocycles. The van der Waals surface area contributed by atoms with Crippen LogP contribution in [0.5, 0.6) is 0 Å². The van der Waals surface area contributed by atoms with Crippen molar-refractivity contribution in [3.63, 3.8) is 0 Å². The molecule has 2 nitrogen and oxygen atoms in total. The van der Waals surface area contributed by atoms with Crippen molar-refractivity contribution in [2.75, 3.05) is 14.2 Å². The molecular weight excluding hydrogens is 204 g/mol. The largest absolute Gasteiger partial charge is 0.400 e. The summed E-state index contributed by atoms with van der Waals surface area (Å²) in [6.07, 6.45) is 9.19. The van der Waals surface area contributed by atoms with Gasteiger partial charge in [0, 0.05) is 14.2 Å². The number of rotatable bonds is 3. The maximum atomic E-state index is 5.08. The molecule has 88 valence electrons. The molecule has 0 heterocycles. The fourth-order valence-corrected chi connectivity index (χ4v) is 3.64. The lowest BCUT2D eigenvalue weighted by atomic mass is 10.1. The van der Waals surface area contributed by atoms with E-state index in [9.17, 15) is 0 Å². The zero-order chi connectivity index (χ0) is 11.3. The Morgan fingerprint density at radius 1 is 1.07 bits per heavy atom. The first kappa shape index (κ1) is 12.9. The van der Waals surface area contributed by atoms with Crippen molar-refractivity contribution in [3.05, 3.63) is 12.2 Å². The number of hydrogen-bond donors (Lipinski definition) is 0. The van der Waals surface area contributed by atoms with Crippen LogP contribution in [0, 0.1) is 11.8 Å². The molecule has 3 heteroatoms. The van der Waals surface area contributed by atoms with Gasteiger partial charge in [-0.2, -0.15) is 0 Å². The minimum absolute atomic E-state index is 0.574. The van der Waals surface area contributed by atoms with Crippen LogP contribution in [0.15, 0.2) is 12.2 Å². The van der Waals surface area contributed by atoms with Gasteiger partial charge in [-0.05, 0) is 36.6 Å². The van der Waals surface area contributed by atoms with Crippen LogP contribution in [0.25, 0.3) is 0 Å². The highest BCUT2D eigenvalue weighted by Gasteiger charge is 2.25. The number of fused-ring (bicyclic) bond motifs is 2. The monoisotopic (exact) mass is 228 g/mol. The molecule has 0 N–H and O–H groups in total. The van der Waals surface area contributed by atoms with Gasteiger partial charge < -0.3 is 8.85 Å². The van der Waals surface area contributed by atoms with E-state index in [1.54, 1.807) is 14.2 Å². The Labute approximate surface area is 95.5 Å². The quantitative estimate of drug-likeness (QED) is 0.546. The van der Waals surface area contributed by atoms with Crippen molar-refractivity contribution in [1.82, 2.24) is 0 Å². The van der Waals surface area contributed by atoms with Gasteiger partial charge in [-0.15, -0.1) is 0 Å². The van der Waals surface area contributed by atoms with E-state index in [2.05, 4.69) is 26.0 Å². The predicted octanol–water partition coefficient (Wildman–Crippen LogP) is 2.88. The topological polar surface area (TPSA) is 18.5 Å². The molecule has 2 rings (SSSR count). The van der Waals surface area contributed by atoms with Crippen LogP contribution in [-0.2, 0) is 8.85 Å². The molecule has 1 fully saturated rings. The van der Waals surface area contributed by atoms with Gasteiger partial charge in [-0.3, -0.25) is 0 Å². The SMILES string of the molecule is C1=CC2CCC1C2.CO[SiH](OC)C(C)C. The van der Waals surface area contributed by atoms with Crippen LogP contribution < -0.4 is 0 Å². The van der Waals surface area contributed by atoms with Crippen molar-refractivity contribution in [2.24, 2.45) is 11.8 Å². The van der Waals surface area contributed by atoms with Crippen LogP contribution in [0.1, 0.15) is 33.1 Å². The minimum atomic E-state index is -1.27. The van der Waals surface area contributed by atoms with Gasteiger partial charge in [0.15, 0.2) is 0 Å². The van der Waals surface area contributed by atoms with E-state index < -0.39 is 9.28 Å². The van der Waals surface area contributed by atoms with E-state index in [0.717, 1.165) is 11.8 Å². The third-order valence-electron chi connectivity index (χ3n) is 3.18. The van der Waals surface area contributed by atoms with Crippen molar-refractivity contribution < 1.29 is 8.85 Å². The molecule has 0 aliphatic heterocycles. The van der Waals surface area contributed by atoms with Crippen molar-refractivity contribution >= 4 is 9.28 Å². The van der Waals surface area contributed by atoms with E-state index in [1.807, 2.05) is 0 Å². The van der Waals surface area contributed by atoms with E-state index in [1.165, 1.54) is 19.3 Å². The smallest absolute Gasteiger partial charge is 0.323 e. The summed E-state index contributed by atoms with van der Waals surface area (Å²) in [5.41, 5.74) is 0.574. The first-order valence-electron chi connectivity index (χ1n) is 5.91. The summed E-state index contributed by atoms with van der Waals surface area (Å²) in [7, 11) is 2.15. The Hall–Kier alpha value is -0.123. The van der Waals surface area contributed by atoms with E-state index in [4.69, 9.17) is 8.85 Å². The second-order valence-corrected chi connectivity index (χ2v) is 7.81. The van der Waals surface area contributed by atoms with E-state index in [-0.39, 0.29) is 0 Å². The lowest BCUT2D eigenvalue weighted by Gasteiger charge is -2.13. The molecule has 1 saturated carbocycles. The van der Waals surface area contributed by atoms with E-state index >= 15 is 0 Å². The first-order chi connectivity index (χ1) is 7.17. The Morgan fingerprint density at radius 3 is 1.60 bits per heavy atom. The Balaban J connectivity index is 0.000000150. The van der Waals surface area contributed by atoms with E-state index in [0.29, 0.717) is 5.54 Å². The molecule has 0 radical (unpaired) electrons. The van der Waals surface area contributed by atoms with Crippen molar-refractivity contribution in [1.29, 1.82) is 0 Å². The Bertz CT molecular complexity index is 188. The maximum absolute atomic E-state index is 5.08. The fraction of sp³-hybridized carbons (Fsp3) is 0.833. The first-order valence-corrected chi connectivity index (χ1v) is 7.52. The minimum Gasteiger partial charge on any atom is -0.400 e. The third-order valence-corrected chi connectivity index (χ3v) is 5.20. The molecule has 0 aromatic rings. The number of hydrogen-bond acceptors (Lipinski definition) is 2. The van der Waals surface area contributed by atoms with Gasteiger partial charge in [0.2, 0.25) is 0 Å². The van der Waals surface area contributed by atoms with Gasteiger partial charge in [-0.25, -0.2) is 0 Å². The number of allylic oxidation sites excluding steroid dienone is 2. The average Bonchev–Trinajstić information content (AvgIpc) is 2.83. The van der Waals surface area contributed by atoms with Gasteiger partial charge in [-0.1, -0.05) is 26.0 Å². The van der Waals surface area contributed by atoms with Crippen LogP contribution in [0.3, 0.4) is 0 Å². The summed E-state index contributed by atoms with van der Waals surface area (Å²) in [4.78, 5) is 0. The highest BCUT2D eigenvalue weighted by molar-refractivity contribution is 6.45. The highest BCUT2D eigenvalue weighted by Crippen LogP contribution is 2.38. The van der Waals surface area contributed by atoms with Crippen LogP contribution in [0.2, 0.25) is 5.54 Å². The van der Waals surface area contributed by atoms with Gasteiger partial charge >= 0.3 is 9.28 Å². The summed E-state index contributed by atoms with van der Waals surface area (Å²) in [5, 5.41) is 0. The fourth-order valence-electron chi connectivity index (χ4n) is 2.36. The molecule has 0 aromatic heterocycles. The van der Waals surface area contributed by atoms with Gasteiger partial charge in [0.05, 0.1) is 0 Å². The lowest BCUT2D eigenvalue weighted by molar-refractivity contribution is 0.269. The van der Waals surface area contributed by atoms with Crippen LogP contribution in [-0.4, -0.2) is 23.5 Å². The lowest BCUT2D eigenvalue weighted by Crippen LogP contribution is -2.22. The zero-order valence-electron chi connectivity index (χ0n) is 10.4. The summed E-state index contributed by atoms with van der Waals surface area (Å²) in [5.74, 6) is 1.98. The summed E-state index contributed by atoms with van der Waals surface area (Å²) in [6.45, 7) is 4.23. The Kier molecular flexibility index (Phi) is 5.57. The summed E-state index contributed by atoms with van der Waals surface area (Å²) in [6, 6.07) is 0. The molecular formula is C12H24O2Si. The maximum Gasteiger partial charge on any atom is 0.323 e. The Morgan fingerprint density at radius 2 is 1.53 bits per heavy atom. The molecule has 2 aliphatic rings. The second-order valence-electron chi connectivity index (χ2n) is 4.80. The summed E-state index contributed by atoms with van der Waals surface area (Å²) < 4.78 is 10.2. The molecule has 2 atom stereocenters. The molecule has 2 bridgehead atoms. The molecule has 2 unspecified atom stereocenters. The van der Waals surface area contributed by atoms with Gasteiger partial charge in [0.25, 0.3) is 0 Å². The molecule has 0 spiro atoms. The van der Waals surface area contributed by atoms with Crippen molar-refractivity contribution in [3.8, 4) is 0 Å². The standard InChI is InChI=1S/C7H10.C5H14O2Si/c1-2-7-4-3-6(1)5-7;1-5(2)8(6-3)7-4/h1-2,6-7H,3-5H2;5,8H,1-4H3. The molecule has 0 saturated heterocycles. The summed E-state index contributed by atoms with van der Waals surface area (Å²) >= 11 is 0. The predicted molar refractivity (Wildman–Crippen MR) is 66.2 cm³/mol.